The van der Waals surface area contributed by atoms with Crippen molar-refractivity contribution < 1.29 is 4.79 Å². The molecule has 120 valence electrons. The van der Waals surface area contributed by atoms with Crippen LogP contribution in [0.4, 0.5) is 0 Å². The lowest BCUT2D eigenvalue weighted by Gasteiger charge is -2.22. The van der Waals surface area contributed by atoms with E-state index in [-0.39, 0.29) is 5.91 Å². The van der Waals surface area contributed by atoms with Crippen LogP contribution in [-0.2, 0) is 0 Å². The van der Waals surface area contributed by atoms with Crippen molar-refractivity contribution in [3.63, 3.8) is 0 Å². The number of aryl methyl sites for hydroxylation is 1. The van der Waals surface area contributed by atoms with Crippen LogP contribution in [0.5, 0.6) is 0 Å². The molecule has 0 bridgehead atoms. The molecule has 2 aromatic rings. The molecule has 1 fully saturated rings. The summed E-state index contributed by atoms with van der Waals surface area (Å²) in [7, 11) is 0. The number of hydrogen-bond acceptors (Lipinski definition) is 3. The van der Waals surface area contributed by atoms with Gasteiger partial charge in [0.15, 0.2) is 0 Å². The van der Waals surface area contributed by atoms with Gasteiger partial charge in [-0.15, -0.1) is 6.58 Å². The Bertz CT molecular complexity index is 726. The third-order valence-corrected chi connectivity index (χ3v) is 4.41. The molecule has 1 aromatic carbocycles. The maximum Gasteiger partial charge on any atom is 0.255 e. The quantitative estimate of drug-likeness (QED) is 0.818. The van der Waals surface area contributed by atoms with Crippen molar-refractivity contribution in [3.05, 3.63) is 54.2 Å². The molecule has 0 atom stereocenters. The third-order valence-electron chi connectivity index (χ3n) is 4.41. The molecular weight excluding hydrogens is 286 g/mol. The van der Waals surface area contributed by atoms with Gasteiger partial charge < -0.3 is 4.90 Å². The topological polar surface area (TPSA) is 36.4 Å². The van der Waals surface area contributed by atoms with Gasteiger partial charge >= 0.3 is 0 Å². The molecule has 1 saturated heterocycles. The molecule has 0 spiro atoms. The van der Waals surface area contributed by atoms with Crippen molar-refractivity contribution in [1.29, 1.82) is 0 Å². The minimum absolute atomic E-state index is 0.0983. The van der Waals surface area contributed by atoms with E-state index in [2.05, 4.69) is 16.5 Å². The van der Waals surface area contributed by atoms with Gasteiger partial charge in [-0.3, -0.25) is 14.7 Å². The van der Waals surface area contributed by atoms with E-state index in [1.165, 1.54) is 0 Å². The number of carbonyl (C=O) groups is 1. The van der Waals surface area contributed by atoms with E-state index >= 15 is 0 Å². The molecule has 0 N–H and O–H groups in total. The second-order valence-electron chi connectivity index (χ2n) is 6.05. The van der Waals surface area contributed by atoms with Crippen LogP contribution in [0.2, 0.25) is 0 Å². The summed E-state index contributed by atoms with van der Waals surface area (Å²) in [4.78, 5) is 21.8. The van der Waals surface area contributed by atoms with Crippen molar-refractivity contribution in [1.82, 2.24) is 14.8 Å². The van der Waals surface area contributed by atoms with Crippen LogP contribution in [0, 0.1) is 6.92 Å². The summed E-state index contributed by atoms with van der Waals surface area (Å²) >= 11 is 0. The maximum atomic E-state index is 12.9. The second-order valence-corrected chi connectivity index (χ2v) is 6.05. The van der Waals surface area contributed by atoms with Crippen LogP contribution in [0.1, 0.15) is 22.5 Å². The Morgan fingerprint density at radius 3 is 2.91 bits per heavy atom. The molecule has 4 heteroatoms. The van der Waals surface area contributed by atoms with Gasteiger partial charge in [-0.2, -0.15) is 0 Å². The lowest BCUT2D eigenvalue weighted by atomic mass is 10.1. The van der Waals surface area contributed by atoms with Gasteiger partial charge in [0.05, 0.1) is 16.8 Å². The number of nitrogens with zero attached hydrogens (tertiary/aromatic N) is 3. The fraction of sp³-hybridized carbons (Fsp3) is 0.368. The number of para-hydroxylation sites is 1. The Balaban J connectivity index is 1.82. The number of fused-ring (bicyclic) bond motifs is 1. The summed E-state index contributed by atoms with van der Waals surface area (Å²) in [6.45, 7) is 10.1. The minimum atomic E-state index is 0.0983. The van der Waals surface area contributed by atoms with Crippen molar-refractivity contribution in [3.8, 4) is 0 Å². The molecule has 4 nitrogen and oxygen atoms in total. The molecule has 1 amide bonds. The molecule has 3 rings (SSSR count). The largest absolute Gasteiger partial charge is 0.337 e. The van der Waals surface area contributed by atoms with Gasteiger partial charge in [0.2, 0.25) is 0 Å². The maximum absolute atomic E-state index is 12.9. The summed E-state index contributed by atoms with van der Waals surface area (Å²) in [6, 6.07) is 9.92. The molecule has 0 unspecified atom stereocenters. The first-order valence-corrected chi connectivity index (χ1v) is 8.18. The third kappa shape index (κ3) is 3.42. The summed E-state index contributed by atoms with van der Waals surface area (Å²) < 4.78 is 0. The number of aromatic nitrogens is 1. The van der Waals surface area contributed by atoms with Crippen LogP contribution in [0.15, 0.2) is 43.0 Å². The summed E-state index contributed by atoms with van der Waals surface area (Å²) in [5.41, 5.74) is 2.47. The molecular formula is C19H23N3O. The van der Waals surface area contributed by atoms with Crippen LogP contribution >= 0.6 is 0 Å². The van der Waals surface area contributed by atoms with E-state index in [4.69, 9.17) is 0 Å². The minimum Gasteiger partial charge on any atom is -0.337 e. The van der Waals surface area contributed by atoms with Gasteiger partial charge in [-0.25, -0.2) is 0 Å². The zero-order valence-electron chi connectivity index (χ0n) is 13.7. The SMILES string of the molecule is C=CCN1CCCN(C(=O)c2cc3ccccc3nc2C)CC1. The number of carbonyl (C=O) groups excluding carboxylic acids is 1. The highest BCUT2D eigenvalue weighted by atomic mass is 16.2. The molecule has 23 heavy (non-hydrogen) atoms. The monoisotopic (exact) mass is 309 g/mol. The van der Waals surface area contributed by atoms with E-state index in [1.807, 2.05) is 48.2 Å². The zero-order valence-corrected chi connectivity index (χ0v) is 13.7. The van der Waals surface area contributed by atoms with E-state index in [1.54, 1.807) is 0 Å². The summed E-state index contributed by atoms with van der Waals surface area (Å²) in [5, 5.41) is 1.02. The molecule has 0 radical (unpaired) electrons. The standard InChI is InChI=1S/C19H23N3O/c1-3-9-21-10-6-11-22(13-12-21)19(23)17-14-16-7-4-5-8-18(16)20-15(17)2/h3-5,7-8,14H,1,6,9-13H2,2H3. The summed E-state index contributed by atoms with van der Waals surface area (Å²) in [5.74, 6) is 0.0983. The predicted octanol–water partition coefficient (Wildman–Crippen LogP) is 2.88. The number of benzene rings is 1. The van der Waals surface area contributed by atoms with Gasteiger partial charge in [0, 0.05) is 38.1 Å². The van der Waals surface area contributed by atoms with Crippen LogP contribution in [-0.4, -0.2) is 53.4 Å². The average Bonchev–Trinajstić information content (AvgIpc) is 2.80. The predicted molar refractivity (Wildman–Crippen MR) is 93.6 cm³/mol. The fourth-order valence-electron chi connectivity index (χ4n) is 3.14. The Morgan fingerprint density at radius 2 is 2.09 bits per heavy atom. The highest BCUT2D eigenvalue weighted by Crippen LogP contribution is 2.18. The van der Waals surface area contributed by atoms with Gasteiger partial charge in [-0.1, -0.05) is 24.3 Å². The molecule has 0 aliphatic carbocycles. The summed E-state index contributed by atoms with van der Waals surface area (Å²) in [6.07, 6.45) is 2.93. The van der Waals surface area contributed by atoms with Crippen molar-refractivity contribution >= 4 is 16.8 Å². The van der Waals surface area contributed by atoms with Gasteiger partial charge in [-0.05, 0) is 25.5 Å². The number of amides is 1. The Morgan fingerprint density at radius 1 is 1.26 bits per heavy atom. The first-order valence-electron chi connectivity index (χ1n) is 8.18. The number of rotatable bonds is 3. The van der Waals surface area contributed by atoms with Crippen LogP contribution < -0.4 is 0 Å². The first-order chi connectivity index (χ1) is 11.2. The van der Waals surface area contributed by atoms with Crippen LogP contribution in [0.25, 0.3) is 10.9 Å². The first kappa shape index (κ1) is 15.7. The second kappa shape index (κ2) is 6.92. The normalized spacial score (nSPS) is 16.3. The number of hydrogen-bond donors (Lipinski definition) is 0. The zero-order chi connectivity index (χ0) is 16.2. The van der Waals surface area contributed by atoms with E-state index in [0.717, 1.165) is 61.3 Å². The van der Waals surface area contributed by atoms with Crippen molar-refractivity contribution in [2.45, 2.75) is 13.3 Å². The number of pyridine rings is 1. The average molecular weight is 309 g/mol. The molecule has 2 heterocycles. The van der Waals surface area contributed by atoms with Gasteiger partial charge in [0.1, 0.15) is 0 Å². The van der Waals surface area contributed by atoms with Crippen molar-refractivity contribution in [2.75, 3.05) is 32.7 Å². The van der Waals surface area contributed by atoms with Crippen LogP contribution in [0.3, 0.4) is 0 Å². The fourth-order valence-corrected chi connectivity index (χ4v) is 3.14. The van der Waals surface area contributed by atoms with Crippen molar-refractivity contribution in [2.24, 2.45) is 0 Å². The lowest BCUT2D eigenvalue weighted by Crippen LogP contribution is -2.35. The van der Waals surface area contributed by atoms with E-state index in [9.17, 15) is 4.79 Å². The Hall–Kier alpha value is -2.20. The molecule has 0 saturated carbocycles. The Kier molecular flexibility index (Phi) is 4.72. The smallest absolute Gasteiger partial charge is 0.255 e. The molecule has 1 aromatic heterocycles. The lowest BCUT2D eigenvalue weighted by molar-refractivity contribution is 0.0761. The Labute approximate surface area is 137 Å². The van der Waals surface area contributed by atoms with E-state index in [0.29, 0.717) is 0 Å². The van der Waals surface area contributed by atoms with E-state index < -0.39 is 0 Å². The highest BCUT2D eigenvalue weighted by Gasteiger charge is 2.21. The highest BCUT2D eigenvalue weighted by molar-refractivity contribution is 5.98. The molecule has 1 aliphatic rings. The molecule has 1 aliphatic heterocycles. The van der Waals surface area contributed by atoms with Gasteiger partial charge in [0.25, 0.3) is 5.91 Å².